The molecule has 0 bridgehead atoms. The summed E-state index contributed by atoms with van der Waals surface area (Å²) in [4.78, 5) is 4.00. The predicted molar refractivity (Wildman–Crippen MR) is 54.9 cm³/mol. The van der Waals surface area contributed by atoms with Crippen molar-refractivity contribution in [1.82, 2.24) is 9.55 Å². The van der Waals surface area contributed by atoms with E-state index in [1.807, 2.05) is 29.8 Å². The van der Waals surface area contributed by atoms with Gasteiger partial charge in [0, 0.05) is 12.4 Å². The van der Waals surface area contributed by atoms with Crippen LogP contribution in [0.4, 0.5) is 0 Å². The molecule has 0 amide bonds. The van der Waals surface area contributed by atoms with E-state index in [0.717, 1.165) is 11.4 Å². The molecule has 72 valence electrons. The van der Waals surface area contributed by atoms with Crippen molar-refractivity contribution < 1.29 is 4.74 Å². The van der Waals surface area contributed by atoms with Crippen molar-refractivity contribution >= 4 is 0 Å². The van der Waals surface area contributed by atoms with Gasteiger partial charge in [0.25, 0.3) is 0 Å². The van der Waals surface area contributed by atoms with Gasteiger partial charge in [-0.3, -0.25) is 0 Å². The lowest BCUT2D eigenvalue weighted by Crippen LogP contribution is -1.95. The maximum absolute atomic E-state index is 5.30. The van der Waals surface area contributed by atoms with Crippen molar-refractivity contribution in [3.8, 4) is 11.4 Å². The van der Waals surface area contributed by atoms with Crippen LogP contribution < -0.4 is 4.74 Å². The van der Waals surface area contributed by atoms with Crippen LogP contribution in [-0.4, -0.2) is 16.7 Å². The molecule has 3 nitrogen and oxygen atoms in total. The SMILES string of the molecule is COc1cc(C)ccc1-n1ccnc1. The van der Waals surface area contributed by atoms with Crippen LogP contribution >= 0.6 is 0 Å². The highest BCUT2D eigenvalue weighted by Gasteiger charge is 2.03. The minimum Gasteiger partial charge on any atom is -0.495 e. The molecule has 2 rings (SSSR count). The van der Waals surface area contributed by atoms with Crippen molar-refractivity contribution in [3.63, 3.8) is 0 Å². The lowest BCUT2D eigenvalue weighted by Gasteiger charge is -2.09. The third-order valence-electron chi connectivity index (χ3n) is 2.12. The molecule has 0 atom stereocenters. The minimum absolute atomic E-state index is 0.864. The molecular formula is C11H12N2O. The van der Waals surface area contributed by atoms with Gasteiger partial charge in [-0.25, -0.2) is 4.98 Å². The number of benzene rings is 1. The monoisotopic (exact) mass is 188 g/mol. The standard InChI is InChI=1S/C11H12N2O/c1-9-3-4-10(11(7-9)14-2)13-6-5-12-8-13/h3-8H,1-2H3. The van der Waals surface area contributed by atoms with E-state index in [-0.39, 0.29) is 0 Å². The van der Waals surface area contributed by atoms with Crippen LogP contribution in [0.25, 0.3) is 5.69 Å². The van der Waals surface area contributed by atoms with Gasteiger partial charge in [-0.15, -0.1) is 0 Å². The fraction of sp³-hybridized carbons (Fsp3) is 0.182. The molecule has 0 fully saturated rings. The second kappa shape index (κ2) is 3.54. The maximum Gasteiger partial charge on any atom is 0.143 e. The van der Waals surface area contributed by atoms with Crippen molar-refractivity contribution in [1.29, 1.82) is 0 Å². The Bertz CT molecular complexity index is 421. The lowest BCUT2D eigenvalue weighted by molar-refractivity contribution is 0.412. The molecule has 0 unspecified atom stereocenters. The fourth-order valence-electron chi connectivity index (χ4n) is 1.40. The molecule has 0 N–H and O–H groups in total. The van der Waals surface area contributed by atoms with Gasteiger partial charge in [0.1, 0.15) is 5.75 Å². The number of aromatic nitrogens is 2. The van der Waals surface area contributed by atoms with E-state index in [2.05, 4.69) is 11.1 Å². The van der Waals surface area contributed by atoms with E-state index < -0.39 is 0 Å². The average molecular weight is 188 g/mol. The van der Waals surface area contributed by atoms with Gasteiger partial charge in [0.15, 0.2) is 0 Å². The Morgan fingerprint density at radius 3 is 2.86 bits per heavy atom. The normalized spacial score (nSPS) is 10.1. The minimum atomic E-state index is 0.864. The number of rotatable bonds is 2. The highest BCUT2D eigenvalue weighted by molar-refractivity contribution is 5.48. The van der Waals surface area contributed by atoms with Gasteiger partial charge in [0.2, 0.25) is 0 Å². The Morgan fingerprint density at radius 2 is 2.21 bits per heavy atom. The summed E-state index contributed by atoms with van der Waals surface area (Å²) in [5, 5.41) is 0. The molecule has 3 heteroatoms. The first-order valence-electron chi connectivity index (χ1n) is 4.44. The molecule has 1 aromatic heterocycles. The van der Waals surface area contributed by atoms with Gasteiger partial charge >= 0.3 is 0 Å². The van der Waals surface area contributed by atoms with Crippen LogP contribution in [0.5, 0.6) is 5.75 Å². The smallest absolute Gasteiger partial charge is 0.143 e. The number of hydrogen-bond donors (Lipinski definition) is 0. The van der Waals surface area contributed by atoms with E-state index in [1.165, 1.54) is 5.56 Å². The molecule has 0 aliphatic carbocycles. The zero-order valence-corrected chi connectivity index (χ0v) is 8.27. The first-order chi connectivity index (χ1) is 6.81. The Hall–Kier alpha value is -1.77. The molecule has 0 saturated carbocycles. The van der Waals surface area contributed by atoms with Crippen LogP contribution in [0.15, 0.2) is 36.9 Å². The summed E-state index contributed by atoms with van der Waals surface area (Å²) in [6.07, 6.45) is 5.40. The van der Waals surface area contributed by atoms with Crippen LogP contribution in [0.1, 0.15) is 5.56 Å². The zero-order valence-electron chi connectivity index (χ0n) is 8.27. The largest absolute Gasteiger partial charge is 0.495 e. The summed E-state index contributed by atoms with van der Waals surface area (Å²) in [6, 6.07) is 6.09. The Morgan fingerprint density at radius 1 is 1.36 bits per heavy atom. The molecule has 1 heterocycles. The second-order valence-electron chi connectivity index (χ2n) is 3.15. The van der Waals surface area contributed by atoms with Crippen LogP contribution in [-0.2, 0) is 0 Å². The molecule has 0 aliphatic heterocycles. The van der Waals surface area contributed by atoms with E-state index in [1.54, 1.807) is 19.6 Å². The highest BCUT2D eigenvalue weighted by atomic mass is 16.5. The topological polar surface area (TPSA) is 27.1 Å². The molecular weight excluding hydrogens is 176 g/mol. The number of nitrogens with zero attached hydrogens (tertiary/aromatic N) is 2. The number of aryl methyl sites for hydroxylation is 1. The van der Waals surface area contributed by atoms with Gasteiger partial charge < -0.3 is 9.30 Å². The summed E-state index contributed by atoms with van der Waals surface area (Å²) in [6.45, 7) is 2.04. The number of methoxy groups -OCH3 is 1. The zero-order chi connectivity index (χ0) is 9.97. The van der Waals surface area contributed by atoms with E-state index >= 15 is 0 Å². The molecule has 0 spiro atoms. The van der Waals surface area contributed by atoms with Crippen LogP contribution in [0, 0.1) is 6.92 Å². The highest BCUT2D eigenvalue weighted by Crippen LogP contribution is 2.23. The van der Waals surface area contributed by atoms with Crippen molar-refractivity contribution in [2.24, 2.45) is 0 Å². The summed E-state index contributed by atoms with van der Waals surface area (Å²) in [7, 11) is 1.68. The van der Waals surface area contributed by atoms with Crippen LogP contribution in [0.2, 0.25) is 0 Å². The van der Waals surface area contributed by atoms with Crippen molar-refractivity contribution in [3.05, 3.63) is 42.5 Å². The molecule has 0 radical (unpaired) electrons. The van der Waals surface area contributed by atoms with Gasteiger partial charge in [-0.2, -0.15) is 0 Å². The van der Waals surface area contributed by atoms with Crippen molar-refractivity contribution in [2.45, 2.75) is 6.92 Å². The number of hydrogen-bond acceptors (Lipinski definition) is 2. The van der Waals surface area contributed by atoms with E-state index in [0.29, 0.717) is 0 Å². The first-order valence-corrected chi connectivity index (χ1v) is 4.44. The number of imidazole rings is 1. The maximum atomic E-state index is 5.30. The molecule has 1 aromatic carbocycles. The molecule has 0 saturated heterocycles. The van der Waals surface area contributed by atoms with Gasteiger partial charge in [0.05, 0.1) is 19.1 Å². The summed E-state index contributed by atoms with van der Waals surface area (Å²) in [5.41, 5.74) is 2.20. The summed E-state index contributed by atoms with van der Waals surface area (Å²) >= 11 is 0. The average Bonchev–Trinajstić information content (AvgIpc) is 2.70. The quantitative estimate of drug-likeness (QED) is 0.722. The third kappa shape index (κ3) is 1.48. The number of ether oxygens (including phenoxy) is 1. The lowest BCUT2D eigenvalue weighted by atomic mass is 10.2. The third-order valence-corrected chi connectivity index (χ3v) is 2.12. The molecule has 2 aromatic rings. The first kappa shape index (κ1) is 8.81. The van der Waals surface area contributed by atoms with Gasteiger partial charge in [-0.1, -0.05) is 6.07 Å². The Labute approximate surface area is 83.0 Å². The Kier molecular flexibility index (Phi) is 2.23. The van der Waals surface area contributed by atoms with E-state index in [4.69, 9.17) is 4.74 Å². The fourth-order valence-corrected chi connectivity index (χ4v) is 1.40. The van der Waals surface area contributed by atoms with Crippen LogP contribution in [0.3, 0.4) is 0 Å². The summed E-state index contributed by atoms with van der Waals surface area (Å²) in [5.74, 6) is 0.864. The van der Waals surface area contributed by atoms with E-state index in [9.17, 15) is 0 Å². The van der Waals surface area contributed by atoms with Gasteiger partial charge in [-0.05, 0) is 24.6 Å². The Balaban J connectivity index is 2.53. The van der Waals surface area contributed by atoms with Crippen molar-refractivity contribution in [2.75, 3.05) is 7.11 Å². The summed E-state index contributed by atoms with van der Waals surface area (Å²) < 4.78 is 7.23. The second-order valence-corrected chi connectivity index (χ2v) is 3.15. The molecule has 14 heavy (non-hydrogen) atoms. The molecule has 0 aliphatic rings. The predicted octanol–water partition coefficient (Wildman–Crippen LogP) is 2.19.